The Morgan fingerprint density at radius 1 is 0.641 bits per heavy atom. The van der Waals surface area contributed by atoms with Crippen LogP contribution >= 0.6 is 0 Å². The zero-order valence-electron chi connectivity index (χ0n) is 24.8. The Morgan fingerprint density at radius 2 is 1.21 bits per heavy atom. The standard InChI is InChI=1S/C36H53FO2/c1-3-5-7-9-11-13-28-15-17-30(18-16-28)33-23-24-34(35(37)25-33)31-19-21-32(22-20-31)36-38-26-29(27-39-36)14-12-10-8-6-4-2/h19-25,28-30,36H,3-18,26-27H2,1-2H3. The summed E-state index contributed by atoms with van der Waals surface area (Å²) in [7, 11) is 0. The third-order valence-electron chi connectivity index (χ3n) is 9.20. The summed E-state index contributed by atoms with van der Waals surface area (Å²) in [6, 6.07) is 14.0. The molecule has 2 aliphatic rings. The third-order valence-corrected chi connectivity index (χ3v) is 9.20. The van der Waals surface area contributed by atoms with Gasteiger partial charge in [-0.1, -0.05) is 121 Å². The number of ether oxygens (including phenoxy) is 2. The summed E-state index contributed by atoms with van der Waals surface area (Å²) in [6.07, 6.45) is 20.7. The van der Waals surface area contributed by atoms with Gasteiger partial charge in [0.2, 0.25) is 0 Å². The lowest BCUT2D eigenvalue weighted by Crippen LogP contribution is -2.27. The number of unbranched alkanes of at least 4 members (excludes halogenated alkanes) is 8. The van der Waals surface area contributed by atoms with Crippen LogP contribution in [-0.4, -0.2) is 13.2 Å². The average molecular weight is 537 g/mol. The summed E-state index contributed by atoms with van der Waals surface area (Å²) in [5.74, 6) is 1.78. The minimum atomic E-state index is -0.311. The molecule has 0 aromatic heterocycles. The van der Waals surface area contributed by atoms with Crippen LogP contribution in [0.2, 0.25) is 0 Å². The highest BCUT2D eigenvalue weighted by molar-refractivity contribution is 5.65. The maximum Gasteiger partial charge on any atom is 0.183 e. The second-order valence-electron chi connectivity index (χ2n) is 12.3. The SMILES string of the molecule is CCCCCCCC1CCC(c2ccc(-c3ccc(C4OCC(CCCCCCC)CO4)cc3)c(F)c2)CC1. The number of benzene rings is 2. The highest BCUT2D eigenvalue weighted by atomic mass is 19.1. The highest BCUT2D eigenvalue weighted by Gasteiger charge is 2.25. The minimum Gasteiger partial charge on any atom is -0.348 e. The van der Waals surface area contributed by atoms with Crippen LogP contribution in [0.4, 0.5) is 4.39 Å². The van der Waals surface area contributed by atoms with Gasteiger partial charge in [-0.05, 0) is 61.1 Å². The molecule has 1 aliphatic carbocycles. The first-order chi connectivity index (χ1) is 19.2. The summed E-state index contributed by atoms with van der Waals surface area (Å²) in [4.78, 5) is 0. The molecule has 216 valence electrons. The molecule has 4 rings (SSSR count). The van der Waals surface area contributed by atoms with Crippen LogP contribution in [0, 0.1) is 17.7 Å². The van der Waals surface area contributed by atoms with Crippen molar-refractivity contribution >= 4 is 0 Å². The molecule has 1 aliphatic heterocycles. The van der Waals surface area contributed by atoms with Gasteiger partial charge >= 0.3 is 0 Å². The van der Waals surface area contributed by atoms with E-state index in [4.69, 9.17) is 9.47 Å². The lowest BCUT2D eigenvalue weighted by atomic mass is 9.77. The molecule has 3 heteroatoms. The Hall–Kier alpha value is -1.71. The van der Waals surface area contributed by atoms with Gasteiger partial charge in [0, 0.05) is 17.0 Å². The van der Waals surface area contributed by atoms with Gasteiger partial charge in [0.15, 0.2) is 6.29 Å². The Bertz CT molecular complexity index is 939. The number of halogens is 1. The maximum absolute atomic E-state index is 15.3. The topological polar surface area (TPSA) is 18.5 Å². The monoisotopic (exact) mass is 536 g/mol. The van der Waals surface area contributed by atoms with E-state index in [-0.39, 0.29) is 12.1 Å². The molecule has 0 radical (unpaired) electrons. The van der Waals surface area contributed by atoms with E-state index < -0.39 is 0 Å². The van der Waals surface area contributed by atoms with Crippen molar-refractivity contribution in [1.82, 2.24) is 0 Å². The number of hydrogen-bond donors (Lipinski definition) is 0. The van der Waals surface area contributed by atoms with E-state index in [9.17, 15) is 0 Å². The largest absolute Gasteiger partial charge is 0.348 e. The fraction of sp³-hybridized carbons (Fsp3) is 0.667. The summed E-state index contributed by atoms with van der Waals surface area (Å²) < 4.78 is 27.4. The van der Waals surface area contributed by atoms with Crippen LogP contribution in [-0.2, 0) is 9.47 Å². The van der Waals surface area contributed by atoms with Crippen molar-refractivity contribution in [3.8, 4) is 11.1 Å². The third kappa shape index (κ3) is 9.42. The molecule has 2 aromatic carbocycles. The van der Waals surface area contributed by atoms with E-state index in [2.05, 4.69) is 19.9 Å². The van der Waals surface area contributed by atoms with Gasteiger partial charge in [0.05, 0.1) is 13.2 Å². The molecule has 1 heterocycles. The van der Waals surface area contributed by atoms with Crippen molar-refractivity contribution < 1.29 is 13.9 Å². The summed E-state index contributed by atoms with van der Waals surface area (Å²) >= 11 is 0. The molecule has 0 amide bonds. The van der Waals surface area contributed by atoms with Crippen molar-refractivity contribution in [2.24, 2.45) is 11.8 Å². The maximum atomic E-state index is 15.3. The molecule has 2 aromatic rings. The molecule has 0 atom stereocenters. The Labute approximate surface area is 238 Å². The Kier molecular flexibility index (Phi) is 12.8. The van der Waals surface area contributed by atoms with Crippen LogP contribution in [0.15, 0.2) is 42.5 Å². The Morgan fingerprint density at radius 3 is 1.79 bits per heavy atom. The molecule has 2 fully saturated rings. The van der Waals surface area contributed by atoms with Crippen molar-refractivity contribution in [3.05, 3.63) is 59.4 Å². The van der Waals surface area contributed by atoms with Crippen LogP contribution in [0.25, 0.3) is 11.1 Å². The number of hydrogen-bond acceptors (Lipinski definition) is 2. The predicted octanol–water partition coefficient (Wildman–Crippen LogP) is 11.1. The van der Waals surface area contributed by atoms with Crippen LogP contribution in [0.1, 0.15) is 140 Å². The molecule has 0 spiro atoms. The fourth-order valence-corrected chi connectivity index (χ4v) is 6.60. The molecule has 0 unspecified atom stereocenters. The molecular formula is C36H53FO2. The zero-order valence-corrected chi connectivity index (χ0v) is 24.8. The molecule has 39 heavy (non-hydrogen) atoms. The highest BCUT2D eigenvalue weighted by Crippen LogP contribution is 2.39. The van der Waals surface area contributed by atoms with Crippen molar-refractivity contribution in [3.63, 3.8) is 0 Å². The van der Waals surface area contributed by atoms with E-state index in [0.717, 1.165) is 30.3 Å². The lowest BCUT2D eigenvalue weighted by Gasteiger charge is -2.30. The Balaban J connectivity index is 1.22. The first-order valence-electron chi connectivity index (χ1n) is 16.3. The quantitative estimate of drug-likeness (QED) is 0.211. The first-order valence-corrected chi connectivity index (χ1v) is 16.3. The van der Waals surface area contributed by atoms with E-state index in [1.165, 1.54) is 108 Å². The van der Waals surface area contributed by atoms with Gasteiger partial charge in [0.1, 0.15) is 5.82 Å². The zero-order chi connectivity index (χ0) is 27.3. The van der Waals surface area contributed by atoms with Crippen LogP contribution in [0.3, 0.4) is 0 Å². The second-order valence-corrected chi connectivity index (χ2v) is 12.3. The van der Waals surface area contributed by atoms with Gasteiger partial charge in [0.25, 0.3) is 0 Å². The van der Waals surface area contributed by atoms with Gasteiger partial charge in [-0.3, -0.25) is 0 Å². The molecule has 1 saturated heterocycles. The van der Waals surface area contributed by atoms with E-state index in [1.54, 1.807) is 6.07 Å². The molecule has 0 N–H and O–H groups in total. The first kappa shape index (κ1) is 30.3. The van der Waals surface area contributed by atoms with E-state index >= 15 is 4.39 Å². The summed E-state index contributed by atoms with van der Waals surface area (Å²) in [5, 5.41) is 0. The second kappa shape index (κ2) is 16.5. The van der Waals surface area contributed by atoms with Gasteiger partial charge in [-0.2, -0.15) is 0 Å². The van der Waals surface area contributed by atoms with E-state index in [1.807, 2.05) is 30.3 Å². The van der Waals surface area contributed by atoms with Crippen molar-refractivity contribution in [2.45, 2.75) is 129 Å². The molecule has 2 nitrogen and oxygen atoms in total. The average Bonchev–Trinajstić information content (AvgIpc) is 2.98. The van der Waals surface area contributed by atoms with Crippen molar-refractivity contribution in [1.29, 1.82) is 0 Å². The van der Waals surface area contributed by atoms with Crippen LogP contribution in [0.5, 0.6) is 0 Å². The predicted molar refractivity (Wildman–Crippen MR) is 161 cm³/mol. The molecular weight excluding hydrogens is 483 g/mol. The number of rotatable bonds is 15. The van der Waals surface area contributed by atoms with Gasteiger partial charge in [-0.25, -0.2) is 4.39 Å². The van der Waals surface area contributed by atoms with Crippen molar-refractivity contribution in [2.75, 3.05) is 13.2 Å². The van der Waals surface area contributed by atoms with Gasteiger partial charge < -0.3 is 9.47 Å². The van der Waals surface area contributed by atoms with Crippen LogP contribution < -0.4 is 0 Å². The lowest BCUT2D eigenvalue weighted by molar-refractivity contribution is -0.206. The normalized spacial score (nSPS) is 23.7. The van der Waals surface area contributed by atoms with E-state index in [0.29, 0.717) is 17.4 Å². The molecule has 1 saturated carbocycles. The summed E-state index contributed by atoms with van der Waals surface area (Å²) in [5.41, 5.74) is 3.78. The fourth-order valence-electron chi connectivity index (χ4n) is 6.60. The molecule has 0 bridgehead atoms. The smallest absolute Gasteiger partial charge is 0.183 e. The summed E-state index contributed by atoms with van der Waals surface area (Å²) in [6.45, 7) is 6.05. The van der Waals surface area contributed by atoms with Gasteiger partial charge in [-0.15, -0.1) is 0 Å². The minimum absolute atomic E-state index is 0.106.